The van der Waals surface area contributed by atoms with Crippen molar-refractivity contribution >= 4 is 39.9 Å². The van der Waals surface area contributed by atoms with Crippen LogP contribution in [0.25, 0.3) is 28.0 Å². The molecule has 3 N–H and O–H groups in total. The fourth-order valence-corrected chi connectivity index (χ4v) is 3.79. The molecule has 0 aliphatic carbocycles. The van der Waals surface area contributed by atoms with E-state index in [0.717, 1.165) is 36.7 Å². The van der Waals surface area contributed by atoms with Gasteiger partial charge in [0.15, 0.2) is 0 Å². The van der Waals surface area contributed by atoms with Gasteiger partial charge in [-0.05, 0) is 42.0 Å². The van der Waals surface area contributed by atoms with Crippen LogP contribution in [0.15, 0.2) is 64.0 Å². The summed E-state index contributed by atoms with van der Waals surface area (Å²) in [7, 11) is 0. The van der Waals surface area contributed by atoms with E-state index in [1.807, 2.05) is 0 Å². The number of carbonyl (C=O) groups is 2. The van der Waals surface area contributed by atoms with Gasteiger partial charge in [-0.2, -0.15) is 0 Å². The fourth-order valence-electron chi connectivity index (χ4n) is 3.79. The molecule has 0 aliphatic rings. The molecule has 0 fully saturated rings. The highest BCUT2D eigenvalue weighted by Crippen LogP contribution is 2.19. The normalized spacial score (nSPS) is 11.8. The first-order valence-electron chi connectivity index (χ1n) is 10.0. The van der Waals surface area contributed by atoms with Gasteiger partial charge in [-0.25, -0.2) is 18.4 Å². The second-order valence-electron chi connectivity index (χ2n) is 7.66. The number of hydrogen-bond donors (Lipinski definition) is 3. The highest BCUT2D eigenvalue weighted by atomic mass is 19.1. The Bertz CT molecular complexity index is 1690. The van der Waals surface area contributed by atoms with E-state index in [1.165, 1.54) is 27.5 Å². The third kappa shape index (κ3) is 4.32. The maximum Gasteiger partial charge on any atom is 0.341 e. The van der Waals surface area contributed by atoms with Crippen LogP contribution < -0.4 is 10.9 Å². The van der Waals surface area contributed by atoms with Gasteiger partial charge in [0.2, 0.25) is 10.9 Å². The smallest absolute Gasteiger partial charge is 0.341 e. The molecule has 11 heteroatoms. The number of nitrogens with zero attached hydrogens (tertiary/aromatic N) is 2. The quantitative estimate of drug-likeness (QED) is 0.384. The Kier molecular flexibility index (Phi) is 6.01. The summed E-state index contributed by atoms with van der Waals surface area (Å²) < 4.78 is 30.1. The molecule has 0 aliphatic heterocycles. The van der Waals surface area contributed by atoms with Gasteiger partial charge in [0.25, 0.3) is 0 Å². The van der Waals surface area contributed by atoms with Crippen molar-refractivity contribution in [3.05, 3.63) is 97.6 Å². The number of aliphatic hydroxyl groups is 1. The molecule has 0 spiro atoms. The first kappa shape index (κ1) is 23.5. The summed E-state index contributed by atoms with van der Waals surface area (Å²) in [6.45, 7) is -0.773. The van der Waals surface area contributed by atoms with Crippen LogP contribution in [0.2, 0.25) is 0 Å². The molecule has 178 valence electrons. The van der Waals surface area contributed by atoms with Crippen LogP contribution in [0.1, 0.15) is 20.7 Å². The van der Waals surface area contributed by atoms with Crippen LogP contribution in [-0.2, 0) is 6.54 Å². The van der Waals surface area contributed by atoms with Gasteiger partial charge in [0, 0.05) is 35.9 Å². The number of carboxylic acid groups (broad SMARTS) is 2. The van der Waals surface area contributed by atoms with Gasteiger partial charge in [0.1, 0.15) is 22.8 Å². The Morgan fingerprint density at radius 2 is 1.34 bits per heavy atom. The summed E-state index contributed by atoms with van der Waals surface area (Å²) >= 11 is 0. The molecule has 2 aromatic heterocycles. The van der Waals surface area contributed by atoms with Crippen LogP contribution in [0.4, 0.5) is 8.78 Å². The third-order valence-corrected chi connectivity index (χ3v) is 5.40. The molecule has 0 bridgehead atoms. The SMILES string of the molecule is O=C(O)c1cn(/C=C(\CO)Cn2cc(C(=O)O)c(=O)c3cc(F)ccc32)c2ccc(F)cc2c1=O. The third-order valence-electron chi connectivity index (χ3n) is 5.40. The van der Waals surface area contributed by atoms with Crippen molar-refractivity contribution in [1.29, 1.82) is 0 Å². The van der Waals surface area contributed by atoms with Crippen molar-refractivity contribution < 1.29 is 33.7 Å². The topological polar surface area (TPSA) is 139 Å². The molecule has 0 radical (unpaired) electrons. The van der Waals surface area contributed by atoms with E-state index in [-0.39, 0.29) is 33.9 Å². The van der Waals surface area contributed by atoms with E-state index in [1.54, 1.807) is 0 Å². The minimum atomic E-state index is -1.53. The van der Waals surface area contributed by atoms with E-state index in [2.05, 4.69) is 0 Å². The van der Waals surface area contributed by atoms with Crippen LogP contribution in [0, 0.1) is 11.6 Å². The predicted molar refractivity (Wildman–Crippen MR) is 122 cm³/mol. The van der Waals surface area contributed by atoms with Crippen LogP contribution in [0.3, 0.4) is 0 Å². The molecule has 0 saturated heterocycles. The molecule has 2 heterocycles. The van der Waals surface area contributed by atoms with Gasteiger partial charge in [-0.1, -0.05) is 0 Å². The fraction of sp³-hybridized carbons (Fsp3) is 0.0833. The van der Waals surface area contributed by atoms with E-state index < -0.39 is 52.2 Å². The van der Waals surface area contributed by atoms with Gasteiger partial charge < -0.3 is 24.5 Å². The number of aromatic nitrogens is 2. The van der Waals surface area contributed by atoms with Gasteiger partial charge in [-0.15, -0.1) is 0 Å². The zero-order valence-corrected chi connectivity index (χ0v) is 17.7. The molecule has 2 aromatic carbocycles. The van der Waals surface area contributed by atoms with Gasteiger partial charge in [-0.3, -0.25) is 9.59 Å². The van der Waals surface area contributed by atoms with E-state index in [9.17, 15) is 43.3 Å². The lowest BCUT2D eigenvalue weighted by Gasteiger charge is -2.15. The average molecular weight is 482 g/mol. The second-order valence-corrected chi connectivity index (χ2v) is 7.66. The second kappa shape index (κ2) is 8.95. The molecule has 0 amide bonds. The molecular weight excluding hydrogens is 466 g/mol. The van der Waals surface area contributed by atoms with Gasteiger partial charge in [0.05, 0.1) is 17.6 Å². The van der Waals surface area contributed by atoms with Crippen LogP contribution in [-0.4, -0.2) is 43.0 Å². The molecule has 9 nitrogen and oxygen atoms in total. The number of rotatable bonds is 6. The lowest BCUT2D eigenvalue weighted by Crippen LogP contribution is -2.20. The standard InChI is InChI=1S/C24H16F2N2O7/c25-13-1-3-19-15(5-13)21(30)17(23(32)33)9-27(19)7-12(11-29)8-28-10-18(24(34)35)22(31)16-6-14(26)2-4-20(16)28/h1-7,9-10,29H,8,11H2,(H,32,33)(H,34,35)/b12-7-. The Labute approximate surface area is 194 Å². The predicted octanol–water partition coefficient (Wildman–Crippen LogP) is 2.52. The van der Waals surface area contributed by atoms with Crippen molar-refractivity contribution in [3.63, 3.8) is 0 Å². The summed E-state index contributed by atoms with van der Waals surface area (Å²) in [6, 6.07) is 6.52. The summed E-state index contributed by atoms with van der Waals surface area (Å²) in [5.41, 5.74) is -2.46. The first-order chi connectivity index (χ1) is 16.6. The number of hydrogen-bond acceptors (Lipinski definition) is 5. The lowest BCUT2D eigenvalue weighted by molar-refractivity contribution is 0.0684. The number of fused-ring (bicyclic) bond motifs is 2. The van der Waals surface area contributed by atoms with E-state index in [4.69, 9.17) is 0 Å². The lowest BCUT2D eigenvalue weighted by atomic mass is 10.1. The van der Waals surface area contributed by atoms with Crippen molar-refractivity contribution in [2.24, 2.45) is 0 Å². The molecular formula is C24H16F2N2O7. The highest BCUT2D eigenvalue weighted by molar-refractivity contribution is 5.94. The number of pyridine rings is 2. The molecule has 4 aromatic rings. The number of aromatic carboxylic acids is 2. The minimum absolute atomic E-state index is 0.158. The van der Waals surface area contributed by atoms with Crippen molar-refractivity contribution in [3.8, 4) is 0 Å². The number of benzene rings is 2. The molecule has 35 heavy (non-hydrogen) atoms. The van der Waals surface area contributed by atoms with E-state index >= 15 is 0 Å². The molecule has 0 saturated carbocycles. The van der Waals surface area contributed by atoms with Gasteiger partial charge >= 0.3 is 11.9 Å². The number of aliphatic hydroxyl groups excluding tert-OH is 1. The number of carboxylic acids is 2. The van der Waals surface area contributed by atoms with E-state index in [0.29, 0.717) is 0 Å². The minimum Gasteiger partial charge on any atom is -0.477 e. The Morgan fingerprint density at radius 3 is 1.89 bits per heavy atom. The van der Waals surface area contributed by atoms with Crippen molar-refractivity contribution in [1.82, 2.24) is 9.13 Å². The first-order valence-corrected chi connectivity index (χ1v) is 10.0. The Balaban J connectivity index is 1.93. The number of halogens is 2. The zero-order valence-electron chi connectivity index (χ0n) is 17.7. The summed E-state index contributed by atoms with van der Waals surface area (Å²) in [5, 5.41) is 28.4. The average Bonchev–Trinajstić information content (AvgIpc) is 2.81. The zero-order chi connectivity index (χ0) is 25.4. The maximum atomic E-state index is 13.8. The summed E-state index contributed by atoms with van der Waals surface area (Å²) in [6.07, 6.45) is 3.37. The van der Waals surface area contributed by atoms with Crippen LogP contribution >= 0.6 is 0 Å². The maximum absolute atomic E-state index is 13.8. The van der Waals surface area contributed by atoms with Crippen molar-refractivity contribution in [2.45, 2.75) is 6.54 Å². The molecule has 4 rings (SSSR count). The molecule has 0 atom stereocenters. The highest BCUT2D eigenvalue weighted by Gasteiger charge is 2.17. The monoisotopic (exact) mass is 482 g/mol. The Hall–Kier alpha value is -4.64. The van der Waals surface area contributed by atoms with Crippen LogP contribution in [0.5, 0.6) is 0 Å². The summed E-state index contributed by atoms with van der Waals surface area (Å²) in [5.74, 6) is -4.55. The Morgan fingerprint density at radius 1 is 0.829 bits per heavy atom. The molecule has 0 unspecified atom stereocenters. The summed E-state index contributed by atoms with van der Waals surface area (Å²) in [4.78, 5) is 48.1. The van der Waals surface area contributed by atoms with Crippen molar-refractivity contribution in [2.75, 3.05) is 6.61 Å². The largest absolute Gasteiger partial charge is 0.477 e.